The average Bonchev–Trinajstić information content (AvgIpc) is 2.62. The molecule has 0 radical (unpaired) electrons. The first kappa shape index (κ1) is 11.7. The van der Waals surface area contributed by atoms with Gasteiger partial charge in [-0.2, -0.15) is 0 Å². The highest BCUT2D eigenvalue weighted by molar-refractivity contribution is 5.61. The number of benzene rings is 2. The van der Waals surface area contributed by atoms with Crippen molar-refractivity contribution in [2.24, 2.45) is 0 Å². The molecule has 1 unspecified atom stereocenters. The molecule has 0 spiro atoms. The fraction of sp³-hybridized carbons (Fsp3) is 0.125. The predicted molar refractivity (Wildman–Crippen MR) is 73.5 cm³/mol. The number of hydrogen-bond acceptors (Lipinski definition) is 3. The minimum atomic E-state index is 0.134. The first-order valence-electron chi connectivity index (χ1n) is 6.15. The molecule has 3 rings (SSSR count). The normalized spacial score (nSPS) is 17.4. The van der Waals surface area contributed by atoms with Crippen molar-refractivity contribution in [3.05, 3.63) is 59.7 Å². The van der Waals surface area contributed by atoms with Gasteiger partial charge in [0.05, 0.1) is 6.61 Å². The minimum Gasteiger partial charge on any atom is -0.508 e. The molecule has 19 heavy (non-hydrogen) atoms. The van der Waals surface area contributed by atoms with Crippen LogP contribution < -0.4 is 4.74 Å². The molecular formula is C16H14O3. The van der Waals surface area contributed by atoms with E-state index in [1.165, 1.54) is 0 Å². The number of ether oxygens (including phenoxy) is 1. The van der Waals surface area contributed by atoms with Crippen molar-refractivity contribution in [2.75, 3.05) is 6.61 Å². The van der Waals surface area contributed by atoms with Crippen LogP contribution in [0.1, 0.15) is 17.0 Å². The van der Waals surface area contributed by atoms with Gasteiger partial charge in [0.2, 0.25) is 0 Å². The summed E-state index contributed by atoms with van der Waals surface area (Å²) in [5, 5.41) is 18.8. The molecule has 1 aliphatic heterocycles. The van der Waals surface area contributed by atoms with E-state index < -0.39 is 0 Å². The number of hydrogen-bond donors (Lipinski definition) is 2. The van der Waals surface area contributed by atoms with Crippen molar-refractivity contribution in [2.45, 2.75) is 5.92 Å². The molecule has 1 atom stereocenters. The van der Waals surface area contributed by atoms with Crippen molar-refractivity contribution < 1.29 is 14.9 Å². The zero-order valence-electron chi connectivity index (χ0n) is 10.3. The summed E-state index contributed by atoms with van der Waals surface area (Å²) < 4.78 is 5.76. The Morgan fingerprint density at radius 3 is 2.47 bits per heavy atom. The summed E-state index contributed by atoms with van der Waals surface area (Å²) in [4.78, 5) is 0. The lowest BCUT2D eigenvalue weighted by Crippen LogP contribution is -2.06. The fourth-order valence-electron chi connectivity index (χ4n) is 2.18. The van der Waals surface area contributed by atoms with Crippen molar-refractivity contribution in [3.8, 4) is 17.2 Å². The second-order valence-electron chi connectivity index (χ2n) is 4.59. The van der Waals surface area contributed by atoms with Gasteiger partial charge in [0, 0.05) is 11.5 Å². The van der Waals surface area contributed by atoms with E-state index in [2.05, 4.69) is 6.08 Å². The minimum absolute atomic E-state index is 0.134. The molecule has 0 bridgehead atoms. The Bertz CT molecular complexity index is 614. The second-order valence-corrected chi connectivity index (χ2v) is 4.59. The van der Waals surface area contributed by atoms with Gasteiger partial charge in [0.25, 0.3) is 0 Å². The summed E-state index contributed by atoms with van der Waals surface area (Å²) in [6, 6.07) is 12.2. The summed E-state index contributed by atoms with van der Waals surface area (Å²) in [5.41, 5.74) is 1.97. The van der Waals surface area contributed by atoms with Crippen LogP contribution in [0, 0.1) is 0 Å². The summed E-state index contributed by atoms with van der Waals surface area (Å²) in [7, 11) is 0. The average molecular weight is 254 g/mol. The van der Waals surface area contributed by atoms with Gasteiger partial charge in [-0.25, -0.2) is 0 Å². The van der Waals surface area contributed by atoms with E-state index in [4.69, 9.17) is 4.74 Å². The number of phenolic OH excluding ortho intramolecular Hbond substituents is 2. The van der Waals surface area contributed by atoms with Crippen molar-refractivity contribution >= 4 is 6.08 Å². The van der Waals surface area contributed by atoms with Crippen LogP contribution in [0.3, 0.4) is 0 Å². The van der Waals surface area contributed by atoms with E-state index in [9.17, 15) is 10.2 Å². The van der Waals surface area contributed by atoms with Crippen LogP contribution in [-0.2, 0) is 0 Å². The highest BCUT2D eigenvalue weighted by Crippen LogP contribution is 2.31. The lowest BCUT2D eigenvalue weighted by atomic mass is 9.99. The maximum absolute atomic E-state index is 9.48. The number of phenols is 2. The van der Waals surface area contributed by atoms with Crippen molar-refractivity contribution in [1.29, 1.82) is 0 Å². The maximum Gasteiger partial charge on any atom is 0.126 e. The van der Waals surface area contributed by atoms with Crippen LogP contribution in [0.2, 0.25) is 0 Å². The number of rotatable bonds is 1. The van der Waals surface area contributed by atoms with Gasteiger partial charge in [-0.05, 0) is 35.9 Å². The Morgan fingerprint density at radius 1 is 0.947 bits per heavy atom. The Balaban J connectivity index is 1.89. The summed E-state index contributed by atoms with van der Waals surface area (Å²) in [6.07, 6.45) is 4.01. The first-order chi connectivity index (χ1) is 9.22. The van der Waals surface area contributed by atoms with Gasteiger partial charge < -0.3 is 14.9 Å². The van der Waals surface area contributed by atoms with E-state index in [1.54, 1.807) is 30.3 Å². The van der Waals surface area contributed by atoms with Crippen LogP contribution in [-0.4, -0.2) is 16.8 Å². The SMILES string of the molecule is Oc1ccc(C2C=Cc3cc(O)ccc3OC2)cc1. The zero-order valence-corrected chi connectivity index (χ0v) is 10.3. The third-order valence-corrected chi connectivity index (χ3v) is 3.24. The van der Waals surface area contributed by atoms with E-state index in [0.717, 1.165) is 16.9 Å². The molecule has 1 heterocycles. The monoisotopic (exact) mass is 254 g/mol. The molecule has 2 N–H and O–H groups in total. The molecule has 2 aromatic carbocycles. The van der Waals surface area contributed by atoms with Crippen LogP contribution >= 0.6 is 0 Å². The zero-order chi connectivity index (χ0) is 13.2. The Labute approximate surface area is 111 Å². The molecule has 0 saturated heterocycles. The highest BCUT2D eigenvalue weighted by atomic mass is 16.5. The summed E-state index contributed by atoms with van der Waals surface area (Å²) in [6.45, 7) is 0.541. The van der Waals surface area contributed by atoms with Crippen LogP contribution in [0.15, 0.2) is 48.5 Å². The van der Waals surface area contributed by atoms with Gasteiger partial charge >= 0.3 is 0 Å². The van der Waals surface area contributed by atoms with Crippen LogP contribution in [0.25, 0.3) is 6.08 Å². The van der Waals surface area contributed by atoms with E-state index in [0.29, 0.717) is 6.61 Å². The van der Waals surface area contributed by atoms with E-state index in [-0.39, 0.29) is 17.4 Å². The van der Waals surface area contributed by atoms with Crippen molar-refractivity contribution in [1.82, 2.24) is 0 Å². The maximum atomic E-state index is 9.48. The number of fused-ring (bicyclic) bond motifs is 1. The van der Waals surface area contributed by atoms with Gasteiger partial charge in [-0.1, -0.05) is 24.3 Å². The third-order valence-electron chi connectivity index (χ3n) is 3.24. The molecule has 0 aromatic heterocycles. The summed E-state index contributed by atoms with van der Waals surface area (Å²) >= 11 is 0. The van der Waals surface area contributed by atoms with E-state index in [1.807, 2.05) is 18.2 Å². The molecule has 0 aliphatic carbocycles. The van der Waals surface area contributed by atoms with Gasteiger partial charge in [-0.3, -0.25) is 0 Å². The lowest BCUT2D eigenvalue weighted by molar-refractivity contribution is 0.307. The molecule has 3 heteroatoms. The molecule has 2 aromatic rings. The van der Waals surface area contributed by atoms with E-state index >= 15 is 0 Å². The van der Waals surface area contributed by atoms with Gasteiger partial charge in [0.1, 0.15) is 17.2 Å². The topological polar surface area (TPSA) is 49.7 Å². The molecule has 0 amide bonds. The molecule has 0 fully saturated rings. The number of aromatic hydroxyl groups is 2. The second kappa shape index (κ2) is 4.69. The van der Waals surface area contributed by atoms with Crippen LogP contribution in [0.5, 0.6) is 17.2 Å². The fourth-order valence-corrected chi connectivity index (χ4v) is 2.18. The predicted octanol–water partition coefficient (Wildman–Crippen LogP) is 3.29. The molecule has 1 aliphatic rings. The van der Waals surface area contributed by atoms with Crippen molar-refractivity contribution in [3.63, 3.8) is 0 Å². The molecule has 0 saturated carbocycles. The standard InChI is InChI=1S/C16H14O3/c17-14-5-3-11(4-6-14)13-2-1-12-9-15(18)7-8-16(12)19-10-13/h1-9,13,17-18H,10H2. The smallest absolute Gasteiger partial charge is 0.126 e. The third kappa shape index (κ3) is 2.40. The molecule has 3 nitrogen and oxygen atoms in total. The van der Waals surface area contributed by atoms with Crippen LogP contribution in [0.4, 0.5) is 0 Å². The Hall–Kier alpha value is -2.42. The molecular weight excluding hydrogens is 240 g/mol. The Kier molecular flexibility index (Phi) is 2.88. The first-order valence-corrected chi connectivity index (χ1v) is 6.15. The lowest BCUT2D eigenvalue weighted by Gasteiger charge is -2.13. The highest BCUT2D eigenvalue weighted by Gasteiger charge is 2.14. The quantitative estimate of drug-likeness (QED) is 0.821. The largest absolute Gasteiger partial charge is 0.508 e. The van der Waals surface area contributed by atoms with Gasteiger partial charge in [-0.15, -0.1) is 0 Å². The Morgan fingerprint density at radius 2 is 1.68 bits per heavy atom. The van der Waals surface area contributed by atoms with Gasteiger partial charge in [0.15, 0.2) is 0 Å². The summed E-state index contributed by atoms with van der Waals surface area (Å²) in [5.74, 6) is 1.40. The molecule has 96 valence electrons.